The van der Waals surface area contributed by atoms with Gasteiger partial charge in [-0.15, -0.1) is 0 Å². The molecule has 10 heteroatoms. The number of carbonyl (C=O) groups excluding carboxylic acids is 2. The first kappa shape index (κ1) is 24.1. The third kappa shape index (κ3) is 4.07. The molecular weight excluding hydrogens is 533 g/mol. The van der Waals surface area contributed by atoms with E-state index >= 15 is 0 Å². The second kappa shape index (κ2) is 8.64. The standard InChI is InChI=1S/C23H14Cl5FN2O2/c24-14-6-12(7-15(25)10-14)19-22(21(30)33,23(19,27)28)13-4-5-17(26)18(9-13)31-20(32)11-2-1-3-16(29)8-11/h1-10,19H,(H2,30,33)(H,31,32). The molecule has 2 amide bonds. The molecule has 0 radical (unpaired) electrons. The summed E-state index contributed by atoms with van der Waals surface area (Å²) in [5.74, 6) is -2.71. The summed E-state index contributed by atoms with van der Waals surface area (Å²) in [4.78, 5) is 25.4. The lowest BCUT2D eigenvalue weighted by molar-refractivity contribution is -0.120. The van der Waals surface area contributed by atoms with Crippen LogP contribution in [-0.4, -0.2) is 16.1 Å². The number of nitrogens with two attached hydrogens (primary N) is 1. The average Bonchev–Trinajstić information content (AvgIpc) is 3.26. The number of halogens is 6. The van der Waals surface area contributed by atoms with Crippen LogP contribution in [0.15, 0.2) is 60.7 Å². The molecule has 0 saturated heterocycles. The number of nitrogens with one attached hydrogen (secondary N) is 1. The van der Waals surface area contributed by atoms with Crippen LogP contribution >= 0.6 is 58.0 Å². The average molecular weight is 547 g/mol. The molecule has 3 aromatic carbocycles. The van der Waals surface area contributed by atoms with Crippen molar-refractivity contribution in [2.24, 2.45) is 5.73 Å². The number of rotatable bonds is 5. The first-order valence-electron chi connectivity index (χ1n) is 9.49. The van der Waals surface area contributed by atoms with Crippen LogP contribution in [-0.2, 0) is 10.2 Å². The molecule has 2 atom stereocenters. The summed E-state index contributed by atoms with van der Waals surface area (Å²) in [6.45, 7) is 0. The van der Waals surface area contributed by atoms with Gasteiger partial charge in [0.05, 0.1) is 10.7 Å². The van der Waals surface area contributed by atoms with E-state index in [9.17, 15) is 14.0 Å². The third-order valence-electron chi connectivity index (χ3n) is 5.60. The Kier molecular flexibility index (Phi) is 6.31. The number of benzene rings is 3. The highest BCUT2D eigenvalue weighted by Crippen LogP contribution is 2.74. The molecular formula is C23H14Cl5FN2O2. The van der Waals surface area contributed by atoms with Crippen molar-refractivity contribution in [2.75, 3.05) is 5.32 Å². The molecule has 4 nitrogen and oxygen atoms in total. The summed E-state index contributed by atoms with van der Waals surface area (Å²) < 4.78 is 11.9. The maximum Gasteiger partial charge on any atom is 0.255 e. The van der Waals surface area contributed by atoms with E-state index < -0.39 is 33.3 Å². The minimum Gasteiger partial charge on any atom is -0.369 e. The number of anilines is 1. The molecule has 0 aliphatic heterocycles. The number of amides is 2. The van der Waals surface area contributed by atoms with E-state index in [1.165, 1.54) is 36.4 Å². The largest absolute Gasteiger partial charge is 0.369 e. The second-order valence-electron chi connectivity index (χ2n) is 7.59. The van der Waals surface area contributed by atoms with Gasteiger partial charge >= 0.3 is 0 Å². The van der Waals surface area contributed by atoms with Gasteiger partial charge in [0.15, 0.2) is 0 Å². The van der Waals surface area contributed by atoms with E-state index in [-0.39, 0.29) is 16.3 Å². The van der Waals surface area contributed by atoms with Crippen molar-refractivity contribution in [3.63, 3.8) is 0 Å². The Morgan fingerprint density at radius 2 is 1.61 bits per heavy atom. The molecule has 1 saturated carbocycles. The van der Waals surface area contributed by atoms with Gasteiger partial charge in [-0.05, 0) is 59.7 Å². The minimum atomic E-state index is -1.62. The summed E-state index contributed by atoms with van der Waals surface area (Å²) in [5, 5.41) is 3.47. The Labute approximate surface area is 213 Å². The quantitative estimate of drug-likeness (QED) is 0.348. The molecule has 4 rings (SSSR count). The van der Waals surface area contributed by atoms with Crippen LogP contribution < -0.4 is 11.1 Å². The lowest BCUT2D eigenvalue weighted by atomic mass is 9.89. The van der Waals surface area contributed by atoms with Crippen molar-refractivity contribution in [2.45, 2.75) is 15.7 Å². The zero-order chi connectivity index (χ0) is 24.1. The molecule has 0 spiro atoms. The van der Waals surface area contributed by atoms with Gasteiger partial charge in [-0.2, -0.15) is 0 Å². The van der Waals surface area contributed by atoms with Crippen LogP contribution in [0.25, 0.3) is 0 Å². The van der Waals surface area contributed by atoms with E-state index in [0.29, 0.717) is 21.2 Å². The molecule has 2 unspecified atom stereocenters. The Balaban J connectivity index is 1.77. The Hall–Kier alpha value is -2.02. The Bertz CT molecular complexity index is 1280. The lowest BCUT2D eigenvalue weighted by Gasteiger charge is -2.18. The fraction of sp³-hybridized carbons (Fsp3) is 0.130. The third-order valence-corrected chi connectivity index (χ3v) is 7.40. The van der Waals surface area contributed by atoms with Crippen LogP contribution in [0.3, 0.4) is 0 Å². The zero-order valence-corrected chi connectivity index (χ0v) is 20.3. The molecule has 3 N–H and O–H groups in total. The first-order valence-corrected chi connectivity index (χ1v) is 11.4. The van der Waals surface area contributed by atoms with Crippen LogP contribution in [0.4, 0.5) is 10.1 Å². The van der Waals surface area contributed by atoms with E-state index in [2.05, 4.69) is 5.32 Å². The molecule has 1 aliphatic rings. The van der Waals surface area contributed by atoms with Gasteiger partial charge in [-0.25, -0.2) is 4.39 Å². The van der Waals surface area contributed by atoms with Gasteiger partial charge < -0.3 is 11.1 Å². The smallest absolute Gasteiger partial charge is 0.255 e. The minimum absolute atomic E-state index is 0.0861. The maximum absolute atomic E-state index is 13.5. The Morgan fingerprint density at radius 1 is 0.939 bits per heavy atom. The van der Waals surface area contributed by atoms with Crippen molar-refractivity contribution >= 4 is 75.5 Å². The van der Waals surface area contributed by atoms with Gasteiger partial charge in [0.2, 0.25) is 5.91 Å². The van der Waals surface area contributed by atoms with Gasteiger partial charge in [-0.3, -0.25) is 9.59 Å². The molecule has 1 aliphatic carbocycles. The number of carbonyl (C=O) groups is 2. The number of alkyl halides is 2. The Morgan fingerprint density at radius 3 is 2.21 bits per heavy atom. The van der Waals surface area contributed by atoms with Crippen LogP contribution in [0.1, 0.15) is 27.4 Å². The molecule has 3 aromatic rings. The van der Waals surface area contributed by atoms with Gasteiger partial charge in [0.1, 0.15) is 15.6 Å². The summed E-state index contributed by atoms with van der Waals surface area (Å²) in [6, 6.07) is 14.4. The second-order valence-corrected chi connectivity index (χ2v) is 10.3. The number of hydrogen-bond acceptors (Lipinski definition) is 2. The van der Waals surface area contributed by atoms with Crippen LogP contribution in [0.2, 0.25) is 15.1 Å². The van der Waals surface area contributed by atoms with Crippen molar-refractivity contribution in [3.05, 3.63) is 98.2 Å². The number of primary amides is 1. The summed E-state index contributed by atoms with van der Waals surface area (Å²) in [6.07, 6.45) is 0. The van der Waals surface area contributed by atoms with E-state index in [1.54, 1.807) is 18.2 Å². The highest BCUT2D eigenvalue weighted by Gasteiger charge is 2.80. The normalized spacial score (nSPS) is 20.8. The lowest BCUT2D eigenvalue weighted by Crippen LogP contribution is -2.34. The molecule has 0 aromatic heterocycles. The molecule has 170 valence electrons. The van der Waals surface area contributed by atoms with E-state index in [4.69, 9.17) is 63.7 Å². The maximum atomic E-state index is 13.5. The predicted molar refractivity (Wildman–Crippen MR) is 130 cm³/mol. The summed E-state index contributed by atoms with van der Waals surface area (Å²) in [7, 11) is 0. The van der Waals surface area contributed by atoms with Crippen molar-refractivity contribution in [1.29, 1.82) is 0 Å². The number of hydrogen-bond donors (Lipinski definition) is 2. The summed E-state index contributed by atoms with van der Waals surface area (Å²) >= 11 is 31.8. The van der Waals surface area contributed by atoms with E-state index in [0.717, 1.165) is 6.07 Å². The van der Waals surface area contributed by atoms with Gasteiger partial charge in [0.25, 0.3) is 5.91 Å². The van der Waals surface area contributed by atoms with E-state index in [1.807, 2.05) is 0 Å². The van der Waals surface area contributed by atoms with Crippen LogP contribution in [0.5, 0.6) is 0 Å². The molecule has 1 fully saturated rings. The van der Waals surface area contributed by atoms with Crippen molar-refractivity contribution < 1.29 is 14.0 Å². The monoisotopic (exact) mass is 544 g/mol. The molecule has 0 bridgehead atoms. The predicted octanol–water partition coefficient (Wildman–Crippen LogP) is 6.73. The van der Waals surface area contributed by atoms with Crippen molar-refractivity contribution in [1.82, 2.24) is 0 Å². The molecule has 33 heavy (non-hydrogen) atoms. The first-order chi connectivity index (χ1) is 15.5. The zero-order valence-electron chi connectivity index (χ0n) is 16.5. The fourth-order valence-electron chi connectivity index (χ4n) is 4.10. The highest BCUT2D eigenvalue weighted by molar-refractivity contribution is 6.55. The SMILES string of the molecule is NC(=O)C1(c2ccc(Cl)c(NC(=O)c3cccc(F)c3)c2)C(c2cc(Cl)cc(Cl)c2)C1(Cl)Cl. The fourth-order valence-corrected chi connectivity index (χ4v) is 5.90. The highest BCUT2D eigenvalue weighted by atomic mass is 35.5. The van der Waals surface area contributed by atoms with Crippen LogP contribution in [0, 0.1) is 5.82 Å². The summed E-state index contributed by atoms with van der Waals surface area (Å²) in [5.41, 5.74) is 5.37. The topological polar surface area (TPSA) is 72.2 Å². The van der Waals surface area contributed by atoms with Gasteiger partial charge in [-0.1, -0.05) is 70.1 Å². The molecule has 0 heterocycles. The van der Waals surface area contributed by atoms with Crippen molar-refractivity contribution in [3.8, 4) is 0 Å². The van der Waals surface area contributed by atoms with Gasteiger partial charge in [0, 0.05) is 21.5 Å².